The number of rotatable bonds is 6. The Labute approximate surface area is 153 Å². The Morgan fingerprint density at radius 3 is 2.56 bits per heavy atom. The minimum atomic E-state index is 0.0586. The van der Waals surface area contributed by atoms with E-state index >= 15 is 0 Å². The Bertz CT molecular complexity index is 679. The molecule has 1 aliphatic heterocycles. The van der Waals surface area contributed by atoms with E-state index in [0.29, 0.717) is 18.2 Å². The van der Waals surface area contributed by atoms with Crippen molar-refractivity contribution in [2.24, 2.45) is 0 Å². The number of carbonyl (C=O) groups excluding carboxylic acids is 1. The molecular weight excluding hydrogens is 334 g/mol. The van der Waals surface area contributed by atoms with Crippen LogP contribution < -0.4 is 4.74 Å². The molecule has 0 saturated carbocycles. The maximum Gasteiger partial charge on any atom is 0.273 e. The molecule has 5 nitrogen and oxygen atoms in total. The van der Waals surface area contributed by atoms with Gasteiger partial charge < -0.3 is 9.64 Å². The van der Waals surface area contributed by atoms with Crippen molar-refractivity contribution in [1.29, 1.82) is 0 Å². The summed E-state index contributed by atoms with van der Waals surface area (Å²) in [5.41, 5.74) is 0.592. The van der Waals surface area contributed by atoms with Gasteiger partial charge in [-0.25, -0.2) is 4.98 Å². The molecule has 1 amide bonds. The van der Waals surface area contributed by atoms with Gasteiger partial charge in [-0.3, -0.25) is 9.69 Å². The molecule has 134 valence electrons. The zero-order chi connectivity index (χ0) is 17.6. The molecular formula is C19H25N3O2S. The van der Waals surface area contributed by atoms with Gasteiger partial charge in [0.2, 0.25) is 0 Å². The van der Waals surface area contributed by atoms with Crippen molar-refractivity contribution >= 4 is 17.2 Å². The smallest absolute Gasteiger partial charge is 0.273 e. The first kappa shape index (κ1) is 17.9. The van der Waals surface area contributed by atoms with Crippen molar-refractivity contribution in [1.82, 2.24) is 14.8 Å². The molecule has 1 saturated heterocycles. The summed E-state index contributed by atoms with van der Waals surface area (Å²) >= 11 is 1.57. The van der Waals surface area contributed by atoms with Crippen LogP contribution in [0.1, 0.15) is 35.3 Å². The highest BCUT2D eigenvalue weighted by Gasteiger charge is 2.24. The summed E-state index contributed by atoms with van der Waals surface area (Å²) in [6.45, 7) is 9.01. The quantitative estimate of drug-likeness (QED) is 0.795. The van der Waals surface area contributed by atoms with Crippen LogP contribution in [-0.4, -0.2) is 60.0 Å². The van der Waals surface area contributed by atoms with Gasteiger partial charge in [0.15, 0.2) is 0 Å². The van der Waals surface area contributed by atoms with Crippen molar-refractivity contribution in [2.45, 2.75) is 19.8 Å². The van der Waals surface area contributed by atoms with Crippen LogP contribution in [-0.2, 0) is 0 Å². The van der Waals surface area contributed by atoms with Crippen molar-refractivity contribution in [3.63, 3.8) is 0 Å². The monoisotopic (exact) mass is 359 g/mol. The van der Waals surface area contributed by atoms with E-state index in [1.807, 2.05) is 40.6 Å². The summed E-state index contributed by atoms with van der Waals surface area (Å²) in [6, 6.07) is 9.87. The standard InChI is InChI=1S/C19H25N3O2S/c1-15(2)18-20-17(14-25-18)19(23)22-10-8-21(9-11-22)12-13-24-16-6-4-3-5-7-16/h3-7,14-15H,8-13H2,1-2H3. The number of ether oxygens (including phenoxy) is 1. The summed E-state index contributed by atoms with van der Waals surface area (Å²) in [6.07, 6.45) is 0. The highest BCUT2D eigenvalue weighted by atomic mass is 32.1. The molecule has 0 atom stereocenters. The lowest BCUT2D eigenvalue weighted by Gasteiger charge is -2.34. The minimum absolute atomic E-state index is 0.0586. The highest BCUT2D eigenvalue weighted by molar-refractivity contribution is 7.09. The fraction of sp³-hybridized carbons (Fsp3) is 0.474. The fourth-order valence-corrected chi connectivity index (χ4v) is 3.61. The Hall–Kier alpha value is -1.92. The zero-order valence-electron chi connectivity index (χ0n) is 14.9. The molecule has 0 radical (unpaired) electrons. The number of hydrogen-bond acceptors (Lipinski definition) is 5. The summed E-state index contributed by atoms with van der Waals surface area (Å²) in [4.78, 5) is 21.3. The molecule has 0 spiro atoms. The van der Waals surface area contributed by atoms with Gasteiger partial charge in [-0.2, -0.15) is 0 Å². The first-order chi connectivity index (χ1) is 12.1. The number of para-hydroxylation sites is 1. The lowest BCUT2D eigenvalue weighted by Crippen LogP contribution is -2.49. The number of carbonyl (C=O) groups is 1. The van der Waals surface area contributed by atoms with Crippen molar-refractivity contribution < 1.29 is 9.53 Å². The second-order valence-electron chi connectivity index (χ2n) is 6.52. The van der Waals surface area contributed by atoms with Crippen molar-refractivity contribution in [3.05, 3.63) is 46.4 Å². The van der Waals surface area contributed by atoms with E-state index in [4.69, 9.17) is 4.74 Å². The van der Waals surface area contributed by atoms with Crippen LogP contribution in [0, 0.1) is 0 Å². The maximum absolute atomic E-state index is 12.6. The van der Waals surface area contributed by atoms with E-state index in [1.165, 1.54) is 0 Å². The third kappa shape index (κ3) is 4.80. The second-order valence-corrected chi connectivity index (χ2v) is 7.41. The van der Waals surface area contributed by atoms with Crippen LogP contribution in [0.4, 0.5) is 0 Å². The van der Waals surface area contributed by atoms with Gasteiger partial charge in [-0.15, -0.1) is 11.3 Å². The topological polar surface area (TPSA) is 45.7 Å². The molecule has 1 aliphatic rings. The molecule has 1 aromatic heterocycles. The second kappa shape index (κ2) is 8.45. The molecule has 2 heterocycles. The average Bonchev–Trinajstić information content (AvgIpc) is 3.13. The van der Waals surface area contributed by atoms with Crippen LogP contribution in [0.3, 0.4) is 0 Å². The van der Waals surface area contributed by atoms with E-state index in [9.17, 15) is 4.79 Å². The number of thiazole rings is 1. The molecule has 6 heteroatoms. The van der Waals surface area contributed by atoms with Gasteiger partial charge in [0.05, 0.1) is 5.01 Å². The summed E-state index contributed by atoms with van der Waals surface area (Å²) in [7, 11) is 0. The number of aromatic nitrogens is 1. The highest BCUT2D eigenvalue weighted by Crippen LogP contribution is 2.20. The number of hydrogen-bond donors (Lipinski definition) is 0. The van der Waals surface area contributed by atoms with Crippen LogP contribution in [0.15, 0.2) is 35.7 Å². The number of piperazine rings is 1. The summed E-state index contributed by atoms with van der Waals surface area (Å²) in [5, 5.41) is 2.91. The zero-order valence-corrected chi connectivity index (χ0v) is 15.7. The normalized spacial score (nSPS) is 15.6. The lowest BCUT2D eigenvalue weighted by molar-refractivity contribution is 0.0615. The Balaban J connectivity index is 1.42. The SMILES string of the molecule is CC(C)c1nc(C(=O)N2CCN(CCOc3ccccc3)CC2)cs1. The first-order valence-corrected chi connectivity index (χ1v) is 9.66. The third-order valence-corrected chi connectivity index (χ3v) is 5.46. The molecule has 3 rings (SSSR count). The number of amides is 1. The maximum atomic E-state index is 12.6. The lowest BCUT2D eigenvalue weighted by atomic mass is 10.2. The molecule has 0 bridgehead atoms. The fourth-order valence-electron chi connectivity index (χ4n) is 2.80. The van der Waals surface area contributed by atoms with E-state index in [0.717, 1.165) is 43.5 Å². The predicted molar refractivity (Wildman–Crippen MR) is 100 cm³/mol. The van der Waals surface area contributed by atoms with Crippen molar-refractivity contribution in [2.75, 3.05) is 39.3 Å². The number of nitrogens with zero attached hydrogens (tertiary/aromatic N) is 3. The van der Waals surface area contributed by atoms with Crippen LogP contribution in [0.2, 0.25) is 0 Å². The van der Waals surface area contributed by atoms with Gasteiger partial charge in [0.25, 0.3) is 5.91 Å². The van der Waals surface area contributed by atoms with Gasteiger partial charge in [0.1, 0.15) is 18.1 Å². The van der Waals surface area contributed by atoms with Crippen molar-refractivity contribution in [3.8, 4) is 5.75 Å². The number of benzene rings is 1. The average molecular weight is 359 g/mol. The summed E-state index contributed by atoms with van der Waals surface area (Å²) < 4.78 is 5.75. The largest absolute Gasteiger partial charge is 0.492 e. The van der Waals surface area contributed by atoms with Crippen LogP contribution >= 0.6 is 11.3 Å². The molecule has 25 heavy (non-hydrogen) atoms. The van der Waals surface area contributed by atoms with Gasteiger partial charge in [-0.1, -0.05) is 32.0 Å². The molecule has 1 fully saturated rings. The van der Waals surface area contributed by atoms with E-state index < -0.39 is 0 Å². The van der Waals surface area contributed by atoms with Crippen LogP contribution in [0.25, 0.3) is 0 Å². The molecule has 0 aliphatic carbocycles. The third-order valence-electron chi connectivity index (χ3n) is 4.31. The minimum Gasteiger partial charge on any atom is -0.492 e. The predicted octanol–water partition coefficient (Wildman–Crippen LogP) is 3.10. The summed E-state index contributed by atoms with van der Waals surface area (Å²) in [5.74, 6) is 1.33. The first-order valence-electron chi connectivity index (χ1n) is 8.78. The Morgan fingerprint density at radius 2 is 1.92 bits per heavy atom. The van der Waals surface area contributed by atoms with E-state index in [2.05, 4.69) is 23.7 Å². The molecule has 1 aromatic carbocycles. The van der Waals surface area contributed by atoms with Gasteiger partial charge in [0, 0.05) is 44.0 Å². The molecule has 0 N–H and O–H groups in total. The molecule has 2 aromatic rings. The van der Waals surface area contributed by atoms with E-state index in [1.54, 1.807) is 11.3 Å². The van der Waals surface area contributed by atoms with Gasteiger partial charge in [-0.05, 0) is 12.1 Å². The molecule has 0 unspecified atom stereocenters. The van der Waals surface area contributed by atoms with E-state index in [-0.39, 0.29) is 5.91 Å². The Kier molecular flexibility index (Phi) is 6.04. The van der Waals surface area contributed by atoms with Crippen LogP contribution in [0.5, 0.6) is 5.75 Å². The Morgan fingerprint density at radius 1 is 1.20 bits per heavy atom. The van der Waals surface area contributed by atoms with Gasteiger partial charge >= 0.3 is 0 Å².